The lowest BCUT2D eigenvalue weighted by atomic mass is 10.1. The standard InChI is InChI=1S/C14H20N2O4/c1-9-10(12(17)18)6-5-7-11(9)15-13(19)16(4)8-14(2,3)20/h5-7,20H,8H2,1-4H3,(H,15,19)(H,17,18). The minimum absolute atomic E-state index is 0.146. The molecule has 0 radical (unpaired) electrons. The third-order valence-electron chi connectivity index (χ3n) is 2.78. The number of amides is 2. The first kappa shape index (κ1) is 16.0. The first-order chi connectivity index (χ1) is 9.11. The summed E-state index contributed by atoms with van der Waals surface area (Å²) in [5.41, 5.74) is 0.0831. The average Bonchev–Trinajstić information content (AvgIpc) is 2.29. The molecule has 0 aliphatic heterocycles. The van der Waals surface area contributed by atoms with Crippen molar-refractivity contribution in [3.8, 4) is 0 Å². The minimum Gasteiger partial charge on any atom is -0.478 e. The number of anilines is 1. The van der Waals surface area contributed by atoms with E-state index < -0.39 is 17.6 Å². The fourth-order valence-electron chi connectivity index (χ4n) is 1.87. The molecule has 3 N–H and O–H groups in total. The van der Waals surface area contributed by atoms with Gasteiger partial charge >= 0.3 is 12.0 Å². The van der Waals surface area contributed by atoms with Crippen LogP contribution in [0.25, 0.3) is 0 Å². The Bertz CT molecular complexity index is 520. The van der Waals surface area contributed by atoms with Gasteiger partial charge in [-0.25, -0.2) is 9.59 Å². The number of hydrogen-bond acceptors (Lipinski definition) is 3. The summed E-state index contributed by atoms with van der Waals surface area (Å²) in [6.07, 6.45) is 0. The highest BCUT2D eigenvalue weighted by Gasteiger charge is 2.20. The van der Waals surface area contributed by atoms with Gasteiger partial charge in [0.1, 0.15) is 0 Å². The number of rotatable bonds is 4. The van der Waals surface area contributed by atoms with E-state index in [1.165, 1.54) is 11.0 Å². The van der Waals surface area contributed by atoms with Crippen molar-refractivity contribution in [2.24, 2.45) is 0 Å². The van der Waals surface area contributed by atoms with Crippen molar-refractivity contribution >= 4 is 17.7 Å². The Morgan fingerprint density at radius 1 is 1.35 bits per heavy atom. The minimum atomic E-state index is -1.04. The van der Waals surface area contributed by atoms with E-state index in [2.05, 4.69) is 5.32 Å². The van der Waals surface area contributed by atoms with Gasteiger partial charge in [-0.1, -0.05) is 6.07 Å². The van der Waals surface area contributed by atoms with Gasteiger partial charge < -0.3 is 20.4 Å². The second-order valence-corrected chi connectivity index (χ2v) is 5.38. The Kier molecular flexibility index (Phi) is 4.73. The number of aromatic carboxylic acids is 1. The molecule has 0 atom stereocenters. The molecule has 1 aromatic rings. The average molecular weight is 280 g/mol. The molecule has 1 aromatic carbocycles. The number of carboxylic acids is 1. The Hall–Kier alpha value is -2.08. The summed E-state index contributed by atoms with van der Waals surface area (Å²) in [4.78, 5) is 24.3. The van der Waals surface area contributed by atoms with Crippen molar-refractivity contribution in [2.45, 2.75) is 26.4 Å². The first-order valence-electron chi connectivity index (χ1n) is 6.19. The van der Waals surface area contributed by atoms with Crippen molar-refractivity contribution in [1.29, 1.82) is 0 Å². The largest absolute Gasteiger partial charge is 0.478 e. The molecule has 0 fully saturated rings. The predicted octanol–water partition coefficient (Wildman–Crippen LogP) is 1.93. The van der Waals surface area contributed by atoms with Gasteiger partial charge in [-0.3, -0.25) is 0 Å². The molecular weight excluding hydrogens is 260 g/mol. The second-order valence-electron chi connectivity index (χ2n) is 5.38. The SMILES string of the molecule is Cc1c(NC(=O)N(C)CC(C)(C)O)cccc1C(=O)O. The fourth-order valence-corrected chi connectivity index (χ4v) is 1.87. The molecule has 0 heterocycles. The van der Waals surface area contributed by atoms with Gasteiger partial charge in [0.15, 0.2) is 0 Å². The van der Waals surface area contributed by atoms with Crippen LogP contribution in [-0.4, -0.2) is 46.3 Å². The molecule has 0 aromatic heterocycles. The maximum atomic E-state index is 12.0. The summed E-state index contributed by atoms with van der Waals surface area (Å²) in [7, 11) is 1.56. The van der Waals surface area contributed by atoms with E-state index in [0.717, 1.165) is 0 Å². The van der Waals surface area contributed by atoms with Crippen LogP contribution in [0.3, 0.4) is 0 Å². The zero-order chi connectivity index (χ0) is 15.5. The van der Waals surface area contributed by atoms with Gasteiger partial charge in [0.05, 0.1) is 17.7 Å². The molecule has 0 unspecified atom stereocenters. The number of nitrogens with one attached hydrogen (secondary N) is 1. The second kappa shape index (κ2) is 5.92. The highest BCUT2D eigenvalue weighted by molar-refractivity contribution is 5.95. The zero-order valence-electron chi connectivity index (χ0n) is 12.1. The van der Waals surface area contributed by atoms with Crippen molar-refractivity contribution in [2.75, 3.05) is 18.9 Å². The molecule has 1 rings (SSSR count). The molecule has 6 heteroatoms. The normalized spacial score (nSPS) is 11.1. The third-order valence-corrected chi connectivity index (χ3v) is 2.78. The highest BCUT2D eigenvalue weighted by atomic mass is 16.4. The summed E-state index contributed by atoms with van der Waals surface area (Å²) in [5.74, 6) is -1.04. The molecule has 2 amide bonds. The van der Waals surface area contributed by atoms with Crippen LogP contribution in [0.1, 0.15) is 29.8 Å². The lowest BCUT2D eigenvalue weighted by Gasteiger charge is -2.26. The van der Waals surface area contributed by atoms with E-state index in [1.807, 2.05) is 0 Å². The van der Waals surface area contributed by atoms with Crippen molar-refractivity contribution in [3.05, 3.63) is 29.3 Å². The van der Waals surface area contributed by atoms with Crippen LogP contribution in [0.2, 0.25) is 0 Å². The number of likely N-dealkylation sites (N-methyl/N-ethyl adjacent to an activating group) is 1. The maximum Gasteiger partial charge on any atom is 0.336 e. The number of benzene rings is 1. The van der Waals surface area contributed by atoms with E-state index >= 15 is 0 Å². The quantitative estimate of drug-likeness (QED) is 0.786. The summed E-state index contributed by atoms with van der Waals surface area (Å²) in [6.45, 7) is 5.01. The summed E-state index contributed by atoms with van der Waals surface area (Å²) < 4.78 is 0. The number of carbonyl (C=O) groups is 2. The molecule has 0 spiro atoms. The molecule has 0 saturated heterocycles. The van der Waals surface area contributed by atoms with Gasteiger partial charge in [0, 0.05) is 12.7 Å². The number of urea groups is 1. The lowest BCUT2D eigenvalue weighted by molar-refractivity contribution is 0.0550. The number of nitrogens with zero attached hydrogens (tertiary/aromatic N) is 1. The molecule has 0 aliphatic rings. The Balaban J connectivity index is 2.86. The predicted molar refractivity (Wildman–Crippen MR) is 76.1 cm³/mol. The van der Waals surface area contributed by atoms with Gasteiger partial charge in [-0.2, -0.15) is 0 Å². The van der Waals surface area contributed by atoms with E-state index in [0.29, 0.717) is 11.3 Å². The third kappa shape index (κ3) is 4.24. The van der Waals surface area contributed by atoms with Crippen molar-refractivity contribution < 1.29 is 19.8 Å². The first-order valence-corrected chi connectivity index (χ1v) is 6.19. The lowest BCUT2D eigenvalue weighted by Crippen LogP contribution is -2.41. The number of aliphatic hydroxyl groups is 1. The smallest absolute Gasteiger partial charge is 0.336 e. The van der Waals surface area contributed by atoms with Crippen LogP contribution < -0.4 is 5.32 Å². The maximum absolute atomic E-state index is 12.0. The molecule has 0 aliphatic carbocycles. The number of carbonyl (C=O) groups excluding carboxylic acids is 1. The monoisotopic (exact) mass is 280 g/mol. The van der Waals surface area contributed by atoms with E-state index in [4.69, 9.17) is 5.11 Å². The van der Waals surface area contributed by atoms with Crippen LogP contribution in [0, 0.1) is 6.92 Å². The molecule has 20 heavy (non-hydrogen) atoms. The van der Waals surface area contributed by atoms with Crippen molar-refractivity contribution in [1.82, 2.24) is 4.90 Å². The molecule has 110 valence electrons. The zero-order valence-corrected chi connectivity index (χ0v) is 12.1. The van der Waals surface area contributed by atoms with Gasteiger partial charge in [-0.15, -0.1) is 0 Å². The van der Waals surface area contributed by atoms with Gasteiger partial charge in [0.25, 0.3) is 0 Å². The van der Waals surface area contributed by atoms with Crippen LogP contribution in [0.4, 0.5) is 10.5 Å². The fraction of sp³-hybridized carbons (Fsp3) is 0.429. The summed E-state index contributed by atoms with van der Waals surface area (Å²) in [5, 5.41) is 21.3. The topological polar surface area (TPSA) is 89.9 Å². The molecule has 6 nitrogen and oxygen atoms in total. The van der Waals surface area contributed by atoms with Crippen LogP contribution in [-0.2, 0) is 0 Å². The molecular formula is C14H20N2O4. The van der Waals surface area contributed by atoms with Crippen LogP contribution in [0.15, 0.2) is 18.2 Å². The van der Waals surface area contributed by atoms with Gasteiger partial charge in [-0.05, 0) is 38.5 Å². The van der Waals surface area contributed by atoms with E-state index in [1.54, 1.807) is 40.0 Å². The molecule has 0 saturated carbocycles. The number of carboxylic acid groups (broad SMARTS) is 1. The van der Waals surface area contributed by atoms with E-state index in [-0.39, 0.29) is 12.1 Å². The van der Waals surface area contributed by atoms with E-state index in [9.17, 15) is 14.7 Å². The van der Waals surface area contributed by atoms with Crippen LogP contribution in [0.5, 0.6) is 0 Å². The Morgan fingerprint density at radius 3 is 2.45 bits per heavy atom. The summed E-state index contributed by atoms with van der Waals surface area (Å²) >= 11 is 0. The Labute approximate surface area is 118 Å². The van der Waals surface area contributed by atoms with Crippen LogP contribution >= 0.6 is 0 Å². The Morgan fingerprint density at radius 2 is 1.95 bits per heavy atom. The van der Waals surface area contributed by atoms with Gasteiger partial charge in [0.2, 0.25) is 0 Å². The molecule has 0 bridgehead atoms. The number of hydrogen-bond donors (Lipinski definition) is 3. The van der Waals surface area contributed by atoms with Crippen molar-refractivity contribution in [3.63, 3.8) is 0 Å². The highest BCUT2D eigenvalue weighted by Crippen LogP contribution is 2.19. The summed E-state index contributed by atoms with van der Waals surface area (Å²) in [6, 6.07) is 4.28.